The number of pyridine rings is 1. The van der Waals surface area contributed by atoms with Crippen LogP contribution in [0.4, 0.5) is 0 Å². The molecule has 0 N–H and O–H groups in total. The van der Waals surface area contributed by atoms with E-state index in [1.807, 2.05) is 12.1 Å². The molecule has 7 aromatic rings. The molecule has 0 saturated carbocycles. The fraction of sp³-hybridized carbons (Fsp3) is 0. The van der Waals surface area contributed by atoms with Crippen LogP contribution in [0.5, 0.6) is 0 Å². The Morgan fingerprint density at radius 1 is 0.395 bits per heavy atom. The summed E-state index contributed by atoms with van der Waals surface area (Å²) in [7, 11) is 0. The first-order valence-electron chi connectivity index (χ1n) is 14.5. The van der Waals surface area contributed by atoms with E-state index in [1.54, 1.807) is 0 Å². The number of para-hydroxylation sites is 3. The Kier molecular flexibility index (Phi) is 5.16. The summed E-state index contributed by atoms with van der Waals surface area (Å²) < 4.78 is 2.12. The van der Waals surface area contributed by atoms with Crippen molar-refractivity contribution in [2.45, 2.75) is 0 Å². The minimum atomic E-state index is 0.634. The standard InChI is InChI=1S/C39H24N4/c1-2-12-28-25(10-1)11-9-16-29(28)26-20-22-27(23-21-26)37-31-14-4-7-18-35(31)41-39(42-37)43-24-33-30-13-3-6-17-34(30)40-38(33)32-15-5-8-19-36(32)43/h1-24H. The second-order valence-electron chi connectivity index (χ2n) is 10.9. The van der Waals surface area contributed by atoms with E-state index in [-0.39, 0.29) is 0 Å². The Labute approximate surface area is 247 Å². The van der Waals surface area contributed by atoms with Crippen LogP contribution in [-0.4, -0.2) is 19.5 Å². The average Bonchev–Trinajstić information content (AvgIpc) is 3.46. The molecule has 0 fully saturated rings. The van der Waals surface area contributed by atoms with Crippen molar-refractivity contribution >= 4 is 43.5 Å². The van der Waals surface area contributed by atoms with Crippen molar-refractivity contribution in [3.8, 4) is 39.6 Å². The largest absolute Gasteiger partial charge is 0.285 e. The molecule has 43 heavy (non-hydrogen) atoms. The molecule has 6 aromatic carbocycles. The first-order chi connectivity index (χ1) is 21.3. The number of aromatic nitrogens is 4. The van der Waals surface area contributed by atoms with Gasteiger partial charge in [0.15, 0.2) is 0 Å². The van der Waals surface area contributed by atoms with E-state index in [0.717, 1.165) is 55.2 Å². The van der Waals surface area contributed by atoms with Gasteiger partial charge in [-0.05, 0) is 40.1 Å². The average molecular weight is 549 g/mol. The molecule has 0 unspecified atom stereocenters. The lowest BCUT2D eigenvalue weighted by atomic mass is 9.96. The van der Waals surface area contributed by atoms with Crippen LogP contribution in [0.25, 0.3) is 83.1 Å². The summed E-state index contributed by atoms with van der Waals surface area (Å²) in [6.07, 6.45) is 2.14. The lowest BCUT2D eigenvalue weighted by Crippen LogP contribution is -2.06. The molecule has 2 aliphatic rings. The molecule has 0 aliphatic carbocycles. The molecule has 0 saturated heterocycles. The van der Waals surface area contributed by atoms with Gasteiger partial charge in [-0.1, -0.05) is 121 Å². The third kappa shape index (κ3) is 3.74. The smallest absolute Gasteiger partial charge is 0.235 e. The molecule has 3 heterocycles. The van der Waals surface area contributed by atoms with Crippen molar-refractivity contribution < 1.29 is 0 Å². The van der Waals surface area contributed by atoms with Gasteiger partial charge in [-0.15, -0.1) is 0 Å². The highest BCUT2D eigenvalue weighted by Crippen LogP contribution is 2.38. The topological polar surface area (TPSA) is 43.6 Å². The highest BCUT2D eigenvalue weighted by Gasteiger charge is 2.20. The van der Waals surface area contributed by atoms with E-state index < -0.39 is 0 Å². The summed E-state index contributed by atoms with van der Waals surface area (Å²) in [5, 5.41) is 5.72. The first kappa shape index (κ1) is 23.8. The minimum absolute atomic E-state index is 0.634. The Hall–Kier alpha value is -5.87. The summed E-state index contributed by atoms with van der Waals surface area (Å²) >= 11 is 0. The van der Waals surface area contributed by atoms with Crippen LogP contribution >= 0.6 is 0 Å². The molecular formula is C39H24N4. The van der Waals surface area contributed by atoms with Gasteiger partial charge >= 0.3 is 0 Å². The van der Waals surface area contributed by atoms with Gasteiger partial charge in [-0.3, -0.25) is 4.57 Å². The van der Waals surface area contributed by atoms with Crippen LogP contribution in [0.3, 0.4) is 0 Å². The molecule has 0 spiro atoms. The van der Waals surface area contributed by atoms with E-state index in [2.05, 4.69) is 138 Å². The van der Waals surface area contributed by atoms with Crippen molar-refractivity contribution in [2.24, 2.45) is 0 Å². The van der Waals surface area contributed by atoms with Crippen LogP contribution in [0.15, 0.2) is 146 Å². The first-order valence-corrected chi connectivity index (χ1v) is 14.5. The number of hydrogen-bond acceptors (Lipinski definition) is 3. The SMILES string of the molecule is c1ccc2c(-c3ccc(-c4nc(-n5cc6c7ccccc7nc-6c6ccccc65)nc5ccccc45)cc3)cccc2c1. The normalized spacial score (nSPS) is 11.7. The molecular weight excluding hydrogens is 524 g/mol. The highest BCUT2D eigenvalue weighted by atomic mass is 15.1. The van der Waals surface area contributed by atoms with Crippen LogP contribution < -0.4 is 0 Å². The van der Waals surface area contributed by atoms with Gasteiger partial charge in [-0.25, -0.2) is 15.0 Å². The van der Waals surface area contributed by atoms with Crippen LogP contribution in [0.2, 0.25) is 0 Å². The van der Waals surface area contributed by atoms with Gasteiger partial charge in [0, 0.05) is 33.5 Å². The Morgan fingerprint density at radius 3 is 1.86 bits per heavy atom. The monoisotopic (exact) mass is 548 g/mol. The van der Waals surface area contributed by atoms with Crippen LogP contribution in [0.1, 0.15) is 0 Å². The van der Waals surface area contributed by atoms with E-state index in [4.69, 9.17) is 15.0 Å². The van der Waals surface area contributed by atoms with E-state index in [0.29, 0.717) is 5.95 Å². The van der Waals surface area contributed by atoms with Gasteiger partial charge in [0.1, 0.15) is 0 Å². The molecule has 0 bridgehead atoms. The Bertz CT molecular complexity index is 2450. The van der Waals surface area contributed by atoms with Crippen molar-refractivity contribution in [3.63, 3.8) is 0 Å². The van der Waals surface area contributed by atoms with Crippen LogP contribution in [0, 0.1) is 0 Å². The maximum Gasteiger partial charge on any atom is 0.235 e. The van der Waals surface area contributed by atoms with Crippen molar-refractivity contribution in [1.29, 1.82) is 0 Å². The van der Waals surface area contributed by atoms with E-state index in [9.17, 15) is 0 Å². The molecule has 1 aromatic heterocycles. The van der Waals surface area contributed by atoms with E-state index in [1.165, 1.54) is 21.9 Å². The van der Waals surface area contributed by atoms with Gasteiger partial charge in [0.05, 0.1) is 27.9 Å². The maximum absolute atomic E-state index is 5.25. The van der Waals surface area contributed by atoms with E-state index >= 15 is 0 Å². The summed E-state index contributed by atoms with van der Waals surface area (Å²) in [6, 6.07) is 48.7. The third-order valence-electron chi connectivity index (χ3n) is 8.42. The molecule has 4 nitrogen and oxygen atoms in total. The zero-order valence-electron chi connectivity index (χ0n) is 23.1. The Balaban J connectivity index is 1.26. The van der Waals surface area contributed by atoms with Gasteiger partial charge in [-0.2, -0.15) is 0 Å². The van der Waals surface area contributed by atoms with Crippen LogP contribution in [-0.2, 0) is 0 Å². The summed E-state index contributed by atoms with van der Waals surface area (Å²) in [5.74, 6) is 0.634. The van der Waals surface area contributed by atoms with Gasteiger partial charge in [0.25, 0.3) is 0 Å². The minimum Gasteiger partial charge on any atom is -0.285 e. The third-order valence-corrected chi connectivity index (χ3v) is 8.42. The highest BCUT2D eigenvalue weighted by molar-refractivity contribution is 6.07. The second kappa shape index (κ2) is 9.33. The van der Waals surface area contributed by atoms with Crippen molar-refractivity contribution in [1.82, 2.24) is 19.5 Å². The summed E-state index contributed by atoms with van der Waals surface area (Å²) in [4.78, 5) is 15.3. The fourth-order valence-corrected chi connectivity index (χ4v) is 6.37. The summed E-state index contributed by atoms with van der Waals surface area (Å²) in [5.41, 5.74) is 9.37. The number of benzene rings is 6. The van der Waals surface area contributed by atoms with Crippen molar-refractivity contribution in [3.05, 3.63) is 146 Å². The zero-order valence-corrected chi connectivity index (χ0v) is 23.1. The van der Waals surface area contributed by atoms with Gasteiger partial charge in [0.2, 0.25) is 5.95 Å². The number of nitrogens with zero attached hydrogens (tertiary/aromatic N) is 4. The predicted molar refractivity (Wildman–Crippen MR) is 177 cm³/mol. The second-order valence-corrected chi connectivity index (χ2v) is 10.9. The fourth-order valence-electron chi connectivity index (χ4n) is 6.37. The lowest BCUT2D eigenvalue weighted by Gasteiger charge is -2.16. The molecule has 9 rings (SSSR count). The lowest BCUT2D eigenvalue weighted by molar-refractivity contribution is 0.974. The quantitative estimate of drug-likeness (QED) is 0.221. The zero-order chi connectivity index (χ0) is 28.3. The molecule has 2 aliphatic heterocycles. The molecule has 4 heteroatoms. The summed E-state index contributed by atoms with van der Waals surface area (Å²) in [6.45, 7) is 0. The molecule has 0 radical (unpaired) electrons. The number of hydrogen-bond donors (Lipinski definition) is 0. The maximum atomic E-state index is 5.25. The Morgan fingerprint density at radius 2 is 1.02 bits per heavy atom. The molecule has 200 valence electrons. The predicted octanol–water partition coefficient (Wildman–Crippen LogP) is 9.71. The van der Waals surface area contributed by atoms with Gasteiger partial charge < -0.3 is 0 Å². The number of fused-ring (bicyclic) bond motifs is 7. The molecule has 0 amide bonds. The number of rotatable bonds is 3. The molecule has 0 atom stereocenters. The van der Waals surface area contributed by atoms with Crippen molar-refractivity contribution in [2.75, 3.05) is 0 Å².